The molecule has 3 heterocycles. The van der Waals surface area contributed by atoms with E-state index >= 15 is 4.39 Å². The fourth-order valence-electron chi connectivity index (χ4n) is 5.17. The van der Waals surface area contributed by atoms with Crippen molar-refractivity contribution in [2.45, 2.75) is 19.5 Å². The molecule has 6 aromatic rings. The van der Waals surface area contributed by atoms with Crippen LogP contribution in [0.2, 0.25) is 5.02 Å². The van der Waals surface area contributed by atoms with Gasteiger partial charge in [0.1, 0.15) is 28.9 Å². The van der Waals surface area contributed by atoms with E-state index in [9.17, 15) is 9.59 Å². The zero-order valence-corrected chi connectivity index (χ0v) is 23.5. The van der Waals surface area contributed by atoms with Crippen molar-refractivity contribution in [2.75, 3.05) is 12.4 Å². The van der Waals surface area contributed by atoms with E-state index in [2.05, 4.69) is 15.3 Å². The molecule has 0 saturated carbocycles. The molecule has 0 amide bonds. The first-order valence-corrected chi connectivity index (χ1v) is 13.6. The number of pyridine rings is 2. The van der Waals surface area contributed by atoms with E-state index in [1.807, 2.05) is 34.9 Å². The van der Waals surface area contributed by atoms with Crippen LogP contribution in [0.1, 0.15) is 24.2 Å². The van der Waals surface area contributed by atoms with Crippen molar-refractivity contribution in [2.24, 2.45) is 0 Å². The van der Waals surface area contributed by atoms with Crippen LogP contribution in [0.25, 0.3) is 27.5 Å². The van der Waals surface area contributed by atoms with Crippen LogP contribution in [0.5, 0.6) is 5.75 Å². The molecule has 3 aromatic heterocycles. The van der Waals surface area contributed by atoms with Crippen LogP contribution in [0.3, 0.4) is 0 Å². The summed E-state index contributed by atoms with van der Waals surface area (Å²) in [5, 5.41) is 3.80. The third-order valence-electron chi connectivity index (χ3n) is 7.17. The second-order valence-corrected chi connectivity index (χ2v) is 10.2. The minimum atomic E-state index is -0.797. The van der Waals surface area contributed by atoms with Crippen LogP contribution in [0, 0.1) is 5.82 Å². The maximum absolute atomic E-state index is 16.3. The van der Waals surface area contributed by atoms with Gasteiger partial charge in [-0.3, -0.25) is 14.2 Å². The highest BCUT2D eigenvalue weighted by Gasteiger charge is 2.25. The van der Waals surface area contributed by atoms with E-state index in [0.717, 1.165) is 11.3 Å². The van der Waals surface area contributed by atoms with Gasteiger partial charge in [-0.1, -0.05) is 54.1 Å². The first-order chi connectivity index (χ1) is 20.4. The van der Waals surface area contributed by atoms with E-state index in [1.165, 1.54) is 23.0 Å². The maximum Gasteiger partial charge on any atom is 0.264 e. The average Bonchev–Trinajstić information content (AvgIpc) is 3.01. The zero-order valence-electron chi connectivity index (χ0n) is 22.7. The van der Waals surface area contributed by atoms with E-state index in [0.29, 0.717) is 17.9 Å². The van der Waals surface area contributed by atoms with Gasteiger partial charge in [0.2, 0.25) is 0 Å². The maximum atomic E-state index is 16.3. The van der Waals surface area contributed by atoms with Gasteiger partial charge in [0.05, 0.1) is 29.3 Å². The topological polar surface area (TPSA) is 91.0 Å². The Bertz CT molecular complexity index is 2060. The van der Waals surface area contributed by atoms with E-state index in [1.54, 1.807) is 56.6 Å². The number of rotatable bonds is 7. The number of halogens is 2. The minimum Gasteiger partial charge on any atom is -0.497 e. The first-order valence-electron chi connectivity index (χ1n) is 13.2. The van der Waals surface area contributed by atoms with Crippen LogP contribution in [0.4, 0.5) is 10.2 Å². The molecular weight excluding hydrogens is 557 g/mol. The van der Waals surface area contributed by atoms with Gasteiger partial charge >= 0.3 is 0 Å². The Labute approximate surface area is 244 Å². The number of anilines is 1. The first kappa shape index (κ1) is 27.2. The zero-order chi connectivity index (χ0) is 29.4. The van der Waals surface area contributed by atoms with Gasteiger partial charge in [-0.05, 0) is 42.8 Å². The number of fused-ring (bicyclic) bond motifs is 2. The SMILES string of the molecule is COc1ccc(Cn2ccc(=O)c3c(N[C@@H](C)c4c(F)c5cccc(Cl)c5c(=O)n4-c4ccccc4)ncnc32)cc1. The summed E-state index contributed by atoms with van der Waals surface area (Å²) in [5.41, 5.74) is 1.18. The molecule has 10 heteroatoms. The lowest BCUT2D eigenvalue weighted by Gasteiger charge is -2.23. The van der Waals surface area contributed by atoms with E-state index < -0.39 is 17.4 Å². The van der Waals surface area contributed by atoms with Gasteiger partial charge in [-0.25, -0.2) is 14.4 Å². The number of methoxy groups -OCH3 is 1. The number of ether oxygens (including phenoxy) is 1. The van der Waals surface area contributed by atoms with E-state index in [4.69, 9.17) is 16.3 Å². The van der Waals surface area contributed by atoms with Crippen molar-refractivity contribution in [1.29, 1.82) is 0 Å². The van der Waals surface area contributed by atoms with Gasteiger partial charge in [0, 0.05) is 29.9 Å². The molecule has 0 aliphatic heterocycles. The Morgan fingerprint density at radius 1 is 0.952 bits per heavy atom. The standard InChI is InChI=1S/C32H25ClFN5O3/c1-19(29-28(34)23-9-6-10-24(33)26(23)32(41)39(29)21-7-4-3-5-8-21)37-30-27-25(40)15-16-38(31(27)36-18-35-30)17-20-11-13-22(42-2)14-12-20/h3-16,18-19H,17H2,1-2H3,(H,35,36,37)/t19-/m0/s1. The molecular formula is C32H25ClFN5O3. The smallest absolute Gasteiger partial charge is 0.264 e. The highest BCUT2D eigenvalue weighted by atomic mass is 35.5. The summed E-state index contributed by atoms with van der Waals surface area (Å²) in [4.78, 5) is 35.7. The van der Waals surface area contributed by atoms with E-state index in [-0.39, 0.29) is 38.1 Å². The summed E-state index contributed by atoms with van der Waals surface area (Å²) < 4.78 is 24.7. The minimum absolute atomic E-state index is 0.0715. The number of para-hydroxylation sites is 1. The quantitative estimate of drug-likeness (QED) is 0.244. The molecule has 1 N–H and O–H groups in total. The molecule has 0 aliphatic rings. The molecule has 0 aliphatic carbocycles. The molecule has 0 radical (unpaired) electrons. The number of nitrogens with one attached hydrogen (secondary N) is 1. The predicted octanol–water partition coefficient (Wildman–Crippen LogP) is 6.12. The monoisotopic (exact) mass is 581 g/mol. The predicted molar refractivity (Wildman–Crippen MR) is 162 cm³/mol. The summed E-state index contributed by atoms with van der Waals surface area (Å²) >= 11 is 6.37. The molecule has 0 spiro atoms. The molecule has 0 bridgehead atoms. The number of benzene rings is 3. The van der Waals surface area contributed by atoms with Crippen molar-refractivity contribution in [1.82, 2.24) is 19.1 Å². The third kappa shape index (κ3) is 4.77. The third-order valence-corrected chi connectivity index (χ3v) is 7.49. The number of hydrogen-bond donors (Lipinski definition) is 1. The molecule has 3 aromatic carbocycles. The Morgan fingerprint density at radius 2 is 1.71 bits per heavy atom. The Kier molecular flexibility index (Phi) is 7.18. The Balaban J connectivity index is 1.48. The lowest BCUT2D eigenvalue weighted by molar-refractivity contribution is 0.414. The van der Waals surface area contributed by atoms with Gasteiger partial charge < -0.3 is 14.6 Å². The van der Waals surface area contributed by atoms with Crippen molar-refractivity contribution < 1.29 is 9.13 Å². The molecule has 6 rings (SSSR count). The van der Waals surface area contributed by atoms with Gasteiger partial charge in [0.15, 0.2) is 11.2 Å². The van der Waals surface area contributed by atoms with Crippen LogP contribution in [0.15, 0.2) is 101 Å². The number of hydrogen-bond acceptors (Lipinski definition) is 6. The molecule has 210 valence electrons. The summed E-state index contributed by atoms with van der Waals surface area (Å²) in [5.74, 6) is 0.356. The Hall–Kier alpha value is -5.02. The van der Waals surface area contributed by atoms with Crippen molar-refractivity contribution in [3.05, 3.63) is 134 Å². The second kappa shape index (κ2) is 11.1. The summed E-state index contributed by atoms with van der Waals surface area (Å²) in [6.45, 7) is 2.15. The lowest BCUT2D eigenvalue weighted by atomic mass is 10.1. The Morgan fingerprint density at radius 3 is 2.45 bits per heavy atom. The van der Waals surface area contributed by atoms with Crippen LogP contribution < -0.4 is 21.0 Å². The fraction of sp³-hybridized carbons (Fsp3) is 0.125. The van der Waals surface area contributed by atoms with Crippen molar-refractivity contribution >= 4 is 39.2 Å². The number of aromatic nitrogens is 4. The summed E-state index contributed by atoms with van der Waals surface area (Å²) in [6, 6.07) is 21.7. The molecule has 8 nitrogen and oxygen atoms in total. The molecule has 0 unspecified atom stereocenters. The van der Waals surface area contributed by atoms with Crippen LogP contribution in [-0.4, -0.2) is 26.2 Å². The largest absolute Gasteiger partial charge is 0.497 e. The number of nitrogens with zero attached hydrogens (tertiary/aromatic N) is 4. The summed E-state index contributed by atoms with van der Waals surface area (Å²) in [7, 11) is 1.61. The second-order valence-electron chi connectivity index (χ2n) is 9.78. The van der Waals surface area contributed by atoms with Gasteiger partial charge in [0.25, 0.3) is 5.56 Å². The van der Waals surface area contributed by atoms with Crippen LogP contribution >= 0.6 is 11.6 Å². The van der Waals surface area contributed by atoms with Crippen molar-refractivity contribution in [3.63, 3.8) is 0 Å². The average molecular weight is 582 g/mol. The van der Waals surface area contributed by atoms with Crippen molar-refractivity contribution in [3.8, 4) is 11.4 Å². The highest BCUT2D eigenvalue weighted by molar-refractivity contribution is 6.35. The van der Waals surface area contributed by atoms with Gasteiger partial charge in [-0.2, -0.15) is 0 Å². The molecule has 1 atom stereocenters. The fourth-order valence-corrected chi connectivity index (χ4v) is 5.42. The molecule has 42 heavy (non-hydrogen) atoms. The van der Waals surface area contributed by atoms with Gasteiger partial charge in [-0.15, -0.1) is 0 Å². The normalized spacial score (nSPS) is 12.0. The molecule has 0 saturated heterocycles. The highest BCUT2D eigenvalue weighted by Crippen LogP contribution is 2.31. The molecule has 0 fully saturated rings. The van der Waals surface area contributed by atoms with Crippen LogP contribution in [-0.2, 0) is 6.54 Å². The summed E-state index contributed by atoms with van der Waals surface area (Å²) in [6.07, 6.45) is 3.02. The lowest BCUT2D eigenvalue weighted by Crippen LogP contribution is -2.28.